The van der Waals surface area contributed by atoms with Crippen LogP contribution in [0.3, 0.4) is 0 Å². The number of non-ortho nitro benzene ring substituents is 1. The van der Waals surface area contributed by atoms with Crippen LogP contribution in [0, 0.1) is 10.1 Å². The zero-order valence-electron chi connectivity index (χ0n) is 10.7. The van der Waals surface area contributed by atoms with Gasteiger partial charge in [-0.2, -0.15) is 0 Å². The van der Waals surface area contributed by atoms with E-state index in [9.17, 15) is 10.1 Å². The summed E-state index contributed by atoms with van der Waals surface area (Å²) < 4.78 is 5.53. The van der Waals surface area contributed by atoms with Gasteiger partial charge in [0.25, 0.3) is 5.69 Å². The highest BCUT2D eigenvalue weighted by molar-refractivity contribution is 6.32. The minimum atomic E-state index is -0.465. The second kappa shape index (κ2) is 5.38. The van der Waals surface area contributed by atoms with E-state index >= 15 is 0 Å². The van der Waals surface area contributed by atoms with Crippen LogP contribution >= 0.6 is 11.6 Å². The number of nitro benzene ring substituents is 1. The summed E-state index contributed by atoms with van der Waals surface area (Å²) in [6, 6.07) is 11.6. The number of nitrogens with zero attached hydrogens (tertiary/aromatic N) is 2. The summed E-state index contributed by atoms with van der Waals surface area (Å²) in [5, 5.41) is 11.2. The average Bonchev–Trinajstić information content (AvgIpc) is 2.89. The highest BCUT2D eigenvalue weighted by Gasteiger charge is 2.08. The van der Waals surface area contributed by atoms with Crippen LogP contribution in [-0.2, 0) is 0 Å². The number of benzene rings is 2. The predicted molar refractivity (Wildman–Crippen MR) is 81.0 cm³/mol. The Labute approximate surface area is 124 Å². The molecule has 3 aromatic rings. The lowest BCUT2D eigenvalue weighted by molar-refractivity contribution is -0.384. The van der Waals surface area contributed by atoms with Gasteiger partial charge in [0.1, 0.15) is 5.52 Å². The van der Waals surface area contributed by atoms with Gasteiger partial charge in [-0.3, -0.25) is 10.1 Å². The summed E-state index contributed by atoms with van der Waals surface area (Å²) in [7, 11) is 0. The van der Waals surface area contributed by atoms with Crippen LogP contribution in [-0.4, -0.2) is 9.91 Å². The molecule has 0 N–H and O–H groups in total. The molecule has 2 aromatic carbocycles. The summed E-state index contributed by atoms with van der Waals surface area (Å²) in [5.74, 6) is 0.416. The maximum absolute atomic E-state index is 10.8. The zero-order valence-corrected chi connectivity index (χ0v) is 11.4. The van der Waals surface area contributed by atoms with Crippen molar-refractivity contribution in [2.45, 2.75) is 0 Å². The van der Waals surface area contributed by atoms with Crippen LogP contribution in [0.5, 0.6) is 0 Å². The van der Waals surface area contributed by atoms with E-state index in [1.54, 1.807) is 12.2 Å². The molecular formula is C15H9ClN2O3. The monoisotopic (exact) mass is 300 g/mol. The Bertz CT molecular complexity index is 822. The molecule has 1 heterocycles. The maximum Gasteiger partial charge on any atom is 0.270 e. The van der Waals surface area contributed by atoms with Crippen molar-refractivity contribution in [3.63, 3.8) is 0 Å². The summed E-state index contributed by atoms with van der Waals surface area (Å²) in [5.41, 5.74) is 1.95. The first-order valence-corrected chi connectivity index (χ1v) is 6.49. The number of rotatable bonds is 3. The first-order valence-electron chi connectivity index (χ1n) is 6.11. The minimum Gasteiger partial charge on any atom is -0.437 e. The van der Waals surface area contributed by atoms with Crippen molar-refractivity contribution in [2.75, 3.05) is 0 Å². The van der Waals surface area contributed by atoms with Gasteiger partial charge in [-0.1, -0.05) is 23.7 Å². The van der Waals surface area contributed by atoms with Gasteiger partial charge in [0, 0.05) is 28.8 Å². The third kappa shape index (κ3) is 2.78. The Hall–Kier alpha value is -2.66. The van der Waals surface area contributed by atoms with Crippen molar-refractivity contribution >= 4 is 40.5 Å². The highest BCUT2D eigenvalue weighted by atomic mass is 35.5. The number of para-hydroxylation sites is 2. The number of aromatic nitrogens is 1. The molecule has 21 heavy (non-hydrogen) atoms. The van der Waals surface area contributed by atoms with Crippen molar-refractivity contribution < 1.29 is 9.34 Å². The highest BCUT2D eigenvalue weighted by Crippen LogP contribution is 2.24. The molecule has 0 fully saturated rings. The fraction of sp³-hybridized carbons (Fsp3) is 0. The third-order valence-corrected chi connectivity index (χ3v) is 3.25. The first kappa shape index (κ1) is 13.3. The van der Waals surface area contributed by atoms with Crippen LogP contribution < -0.4 is 0 Å². The SMILES string of the molecule is O=[N+]([O-])c1ccc(Cl)c(C=Cc2nc3ccccc3o2)c1. The lowest BCUT2D eigenvalue weighted by atomic mass is 10.2. The van der Waals surface area contributed by atoms with Gasteiger partial charge < -0.3 is 4.42 Å². The molecule has 0 amide bonds. The third-order valence-electron chi connectivity index (χ3n) is 2.91. The molecular weight excluding hydrogens is 292 g/mol. The molecule has 0 aliphatic rings. The van der Waals surface area contributed by atoms with E-state index in [1.807, 2.05) is 24.3 Å². The maximum atomic E-state index is 10.8. The van der Waals surface area contributed by atoms with Crippen molar-refractivity contribution in [1.29, 1.82) is 0 Å². The van der Waals surface area contributed by atoms with Crippen molar-refractivity contribution in [3.05, 3.63) is 69.1 Å². The Morgan fingerprint density at radius 1 is 1.19 bits per heavy atom. The van der Waals surface area contributed by atoms with E-state index in [4.69, 9.17) is 16.0 Å². The summed E-state index contributed by atoms with van der Waals surface area (Å²) >= 11 is 6.02. The van der Waals surface area contributed by atoms with Gasteiger partial charge in [-0.15, -0.1) is 0 Å². The van der Waals surface area contributed by atoms with E-state index in [0.29, 0.717) is 22.1 Å². The van der Waals surface area contributed by atoms with Gasteiger partial charge in [0.2, 0.25) is 5.89 Å². The van der Waals surface area contributed by atoms with E-state index in [2.05, 4.69) is 4.98 Å². The molecule has 0 unspecified atom stereocenters. The van der Waals surface area contributed by atoms with Gasteiger partial charge in [0.05, 0.1) is 4.92 Å². The molecule has 1 aromatic heterocycles. The van der Waals surface area contributed by atoms with Crippen LogP contribution in [0.25, 0.3) is 23.3 Å². The number of halogens is 1. The van der Waals surface area contributed by atoms with E-state index < -0.39 is 4.92 Å². The largest absolute Gasteiger partial charge is 0.437 e. The lowest BCUT2D eigenvalue weighted by Gasteiger charge is -1.97. The van der Waals surface area contributed by atoms with Crippen molar-refractivity contribution in [2.24, 2.45) is 0 Å². The number of fused-ring (bicyclic) bond motifs is 1. The lowest BCUT2D eigenvalue weighted by Crippen LogP contribution is -1.88. The Balaban J connectivity index is 1.95. The summed E-state index contributed by atoms with van der Waals surface area (Å²) in [6.45, 7) is 0. The molecule has 3 rings (SSSR count). The molecule has 0 radical (unpaired) electrons. The number of hydrogen-bond acceptors (Lipinski definition) is 4. The minimum absolute atomic E-state index is 0.0170. The molecule has 0 bridgehead atoms. The summed E-state index contributed by atoms with van der Waals surface area (Å²) in [4.78, 5) is 14.6. The van der Waals surface area contributed by atoms with E-state index in [1.165, 1.54) is 18.2 Å². The molecule has 0 saturated heterocycles. The normalized spacial score (nSPS) is 11.3. The molecule has 0 spiro atoms. The standard InChI is InChI=1S/C15H9ClN2O3/c16-12-7-6-11(18(19)20)9-10(12)5-8-15-17-13-3-1-2-4-14(13)21-15/h1-9H. The van der Waals surface area contributed by atoms with Gasteiger partial charge in [-0.05, 0) is 24.3 Å². The van der Waals surface area contributed by atoms with Gasteiger partial charge in [-0.25, -0.2) is 4.98 Å². The molecule has 0 saturated carbocycles. The van der Waals surface area contributed by atoms with Crippen LogP contribution in [0.2, 0.25) is 5.02 Å². The van der Waals surface area contributed by atoms with Gasteiger partial charge >= 0.3 is 0 Å². The topological polar surface area (TPSA) is 69.2 Å². The van der Waals surface area contributed by atoms with Crippen LogP contribution in [0.4, 0.5) is 5.69 Å². The Morgan fingerprint density at radius 3 is 2.76 bits per heavy atom. The fourth-order valence-electron chi connectivity index (χ4n) is 1.89. The molecule has 0 atom stereocenters. The Morgan fingerprint density at radius 2 is 2.00 bits per heavy atom. The van der Waals surface area contributed by atoms with E-state index in [0.717, 1.165) is 5.52 Å². The van der Waals surface area contributed by atoms with Crippen molar-refractivity contribution in [3.8, 4) is 0 Å². The summed E-state index contributed by atoms with van der Waals surface area (Å²) in [6.07, 6.45) is 3.27. The first-order chi connectivity index (χ1) is 10.1. The second-order valence-electron chi connectivity index (χ2n) is 4.32. The average molecular weight is 301 g/mol. The fourth-order valence-corrected chi connectivity index (χ4v) is 2.08. The molecule has 104 valence electrons. The van der Waals surface area contributed by atoms with Crippen molar-refractivity contribution in [1.82, 2.24) is 4.98 Å². The van der Waals surface area contributed by atoms with Crippen LogP contribution in [0.1, 0.15) is 11.5 Å². The smallest absolute Gasteiger partial charge is 0.270 e. The Kier molecular flexibility index (Phi) is 3.41. The quantitative estimate of drug-likeness (QED) is 0.525. The molecule has 6 heteroatoms. The van der Waals surface area contributed by atoms with Crippen LogP contribution in [0.15, 0.2) is 46.9 Å². The molecule has 0 aliphatic carbocycles. The zero-order chi connectivity index (χ0) is 14.8. The molecule has 5 nitrogen and oxygen atoms in total. The van der Waals surface area contributed by atoms with Gasteiger partial charge in [0.15, 0.2) is 5.58 Å². The number of nitro groups is 1. The predicted octanol–water partition coefficient (Wildman–Crippen LogP) is 4.56. The number of hydrogen-bond donors (Lipinski definition) is 0. The number of oxazole rings is 1. The van der Waals surface area contributed by atoms with E-state index in [-0.39, 0.29) is 5.69 Å². The molecule has 0 aliphatic heterocycles. The second-order valence-corrected chi connectivity index (χ2v) is 4.72.